The van der Waals surface area contributed by atoms with Gasteiger partial charge in [-0.15, -0.1) is 11.8 Å². The molecule has 2 rings (SSSR count). The van der Waals surface area contributed by atoms with E-state index in [0.717, 1.165) is 23.0 Å². The summed E-state index contributed by atoms with van der Waals surface area (Å²) in [6, 6.07) is 12.0. The van der Waals surface area contributed by atoms with Crippen LogP contribution in [0.15, 0.2) is 52.3 Å². The Kier molecular flexibility index (Phi) is 5.84. The minimum Gasteiger partial charge on any atom is -0.379 e. The average molecular weight is 366 g/mol. The molecule has 2 aromatic carbocycles. The molecule has 0 amide bonds. The first-order valence-corrected chi connectivity index (χ1v) is 10.1. The van der Waals surface area contributed by atoms with Gasteiger partial charge in [-0.1, -0.05) is 17.7 Å². The molecule has 0 bridgehead atoms. The zero-order chi connectivity index (χ0) is 17.7. The first-order chi connectivity index (χ1) is 11.3. The molecule has 0 spiro atoms. The summed E-state index contributed by atoms with van der Waals surface area (Å²) < 4.78 is 23.0. The first-order valence-electron chi connectivity index (χ1n) is 7.19. The molecule has 0 aromatic heterocycles. The Morgan fingerprint density at radius 1 is 1.17 bits per heavy atom. The average Bonchev–Trinajstić information content (AvgIpc) is 2.52. The number of nitro groups is 1. The summed E-state index contributed by atoms with van der Waals surface area (Å²) in [5, 5.41) is 14.2. The van der Waals surface area contributed by atoms with Crippen molar-refractivity contribution in [2.75, 3.05) is 23.9 Å². The van der Waals surface area contributed by atoms with Crippen LogP contribution in [0.5, 0.6) is 0 Å². The number of hydrogen-bond acceptors (Lipinski definition) is 6. The van der Waals surface area contributed by atoms with E-state index in [4.69, 9.17) is 0 Å². The maximum Gasteiger partial charge on any atom is 0.293 e. The number of nitro benzene ring substituents is 1. The number of benzene rings is 2. The Balaban J connectivity index is 2.01. The van der Waals surface area contributed by atoms with Crippen LogP contribution < -0.4 is 5.32 Å². The Morgan fingerprint density at radius 3 is 2.42 bits per heavy atom. The van der Waals surface area contributed by atoms with Crippen molar-refractivity contribution in [3.05, 3.63) is 58.1 Å². The second-order valence-corrected chi connectivity index (χ2v) is 8.48. The van der Waals surface area contributed by atoms with Gasteiger partial charge < -0.3 is 5.32 Å². The van der Waals surface area contributed by atoms with Crippen molar-refractivity contribution in [3.63, 3.8) is 0 Å². The van der Waals surface area contributed by atoms with Gasteiger partial charge in [0.2, 0.25) is 0 Å². The quantitative estimate of drug-likeness (QED) is 0.349. The summed E-state index contributed by atoms with van der Waals surface area (Å²) in [5.74, 6) is 0.730. The molecule has 0 aliphatic carbocycles. The number of hydrogen-bond donors (Lipinski definition) is 1. The van der Waals surface area contributed by atoms with Gasteiger partial charge in [0.25, 0.3) is 5.69 Å². The van der Waals surface area contributed by atoms with Gasteiger partial charge in [0.05, 0.1) is 9.82 Å². The highest BCUT2D eigenvalue weighted by Gasteiger charge is 2.18. The molecule has 0 unspecified atom stereocenters. The van der Waals surface area contributed by atoms with E-state index >= 15 is 0 Å². The molecular weight excluding hydrogens is 348 g/mol. The maximum atomic E-state index is 11.5. The highest BCUT2D eigenvalue weighted by atomic mass is 32.2. The molecule has 0 heterocycles. The number of thioether (sulfide) groups is 1. The standard InChI is InChI=1S/C16H18N2O4S2/c1-12-3-5-13(6-4-12)23-10-9-17-15-8-7-14(24(2,21)22)11-16(15)18(19)20/h3-8,11,17H,9-10H2,1-2H3. The number of nitrogens with zero attached hydrogens (tertiary/aromatic N) is 1. The van der Waals surface area contributed by atoms with Crippen LogP contribution in [0.4, 0.5) is 11.4 Å². The monoisotopic (exact) mass is 366 g/mol. The lowest BCUT2D eigenvalue weighted by atomic mass is 10.2. The van der Waals surface area contributed by atoms with E-state index in [1.165, 1.54) is 17.7 Å². The SMILES string of the molecule is Cc1ccc(SCCNc2ccc(S(C)(=O)=O)cc2[N+](=O)[O-])cc1. The number of aryl methyl sites for hydroxylation is 1. The Bertz CT molecular complexity index is 834. The van der Waals surface area contributed by atoms with E-state index in [9.17, 15) is 18.5 Å². The smallest absolute Gasteiger partial charge is 0.293 e. The van der Waals surface area contributed by atoms with Crippen molar-refractivity contribution in [2.24, 2.45) is 0 Å². The third-order valence-electron chi connectivity index (χ3n) is 3.30. The van der Waals surface area contributed by atoms with Crippen molar-refractivity contribution in [1.82, 2.24) is 0 Å². The fraction of sp³-hybridized carbons (Fsp3) is 0.250. The molecule has 0 aliphatic rings. The van der Waals surface area contributed by atoms with Gasteiger partial charge in [-0.2, -0.15) is 0 Å². The first kappa shape index (κ1) is 18.3. The minimum absolute atomic E-state index is 0.0613. The zero-order valence-electron chi connectivity index (χ0n) is 13.4. The summed E-state index contributed by atoms with van der Waals surface area (Å²) >= 11 is 1.64. The molecule has 24 heavy (non-hydrogen) atoms. The van der Waals surface area contributed by atoms with E-state index in [1.807, 2.05) is 31.2 Å². The lowest BCUT2D eigenvalue weighted by molar-refractivity contribution is -0.384. The predicted molar refractivity (Wildman–Crippen MR) is 96.6 cm³/mol. The summed E-state index contributed by atoms with van der Waals surface area (Å²) in [6.45, 7) is 2.55. The van der Waals surface area contributed by atoms with Crippen molar-refractivity contribution in [3.8, 4) is 0 Å². The number of rotatable bonds is 7. The van der Waals surface area contributed by atoms with E-state index in [-0.39, 0.29) is 10.6 Å². The van der Waals surface area contributed by atoms with Crippen LogP contribution in [-0.4, -0.2) is 31.9 Å². The molecule has 0 saturated heterocycles. The second-order valence-electron chi connectivity index (χ2n) is 5.30. The summed E-state index contributed by atoms with van der Waals surface area (Å²) in [7, 11) is -3.48. The number of anilines is 1. The maximum absolute atomic E-state index is 11.5. The Morgan fingerprint density at radius 2 is 1.83 bits per heavy atom. The summed E-state index contributed by atoms with van der Waals surface area (Å²) in [6.07, 6.45) is 1.03. The highest BCUT2D eigenvalue weighted by molar-refractivity contribution is 7.99. The summed E-state index contributed by atoms with van der Waals surface area (Å²) in [5.41, 5.74) is 1.27. The molecular formula is C16H18N2O4S2. The molecule has 0 atom stereocenters. The van der Waals surface area contributed by atoms with Gasteiger partial charge in [-0.25, -0.2) is 8.42 Å². The van der Waals surface area contributed by atoms with Crippen LogP contribution >= 0.6 is 11.8 Å². The lowest BCUT2D eigenvalue weighted by Crippen LogP contribution is -2.07. The van der Waals surface area contributed by atoms with E-state index in [0.29, 0.717) is 12.2 Å². The van der Waals surface area contributed by atoms with Gasteiger partial charge in [-0.3, -0.25) is 10.1 Å². The van der Waals surface area contributed by atoms with Crippen LogP contribution in [-0.2, 0) is 9.84 Å². The van der Waals surface area contributed by atoms with Crippen LogP contribution in [0.25, 0.3) is 0 Å². The Labute approximate surface area is 145 Å². The molecule has 2 aromatic rings. The highest BCUT2D eigenvalue weighted by Crippen LogP contribution is 2.28. The van der Waals surface area contributed by atoms with Crippen molar-refractivity contribution in [2.45, 2.75) is 16.7 Å². The third-order valence-corrected chi connectivity index (χ3v) is 5.43. The zero-order valence-corrected chi connectivity index (χ0v) is 15.0. The van der Waals surface area contributed by atoms with Crippen molar-refractivity contribution in [1.29, 1.82) is 0 Å². The molecule has 8 heteroatoms. The second kappa shape index (κ2) is 7.67. The van der Waals surface area contributed by atoms with Gasteiger partial charge in [0.15, 0.2) is 9.84 Å². The predicted octanol–water partition coefficient (Wildman–Crippen LogP) is 3.51. The molecule has 6 nitrogen and oxygen atoms in total. The van der Waals surface area contributed by atoms with Crippen molar-refractivity contribution < 1.29 is 13.3 Å². The van der Waals surface area contributed by atoms with Crippen LogP contribution in [0.3, 0.4) is 0 Å². The van der Waals surface area contributed by atoms with Crippen LogP contribution in [0.1, 0.15) is 5.56 Å². The topological polar surface area (TPSA) is 89.3 Å². The minimum atomic E-state index is -3.48. The van der Waals surface area contributed by atoms with Crippen LogP contribution in [0.2, 0.25) is 0 Å². The molecule has 1 N–H and O–H groups in total. The van der Waals surface area contributed by atoms with Gasteiger partial charge in [-0.05, 0) is 31.2 Å². The van der Waals surface area contributed by atoms with Crippen molar-refractivity contribution >= 4 is 33.0 Å². The van der Waals surface area contributed by atoms with E-state index in [1.54, 1.807) is 11.8 Å². The molecule has 0 fully saturated rings. The molecule has 128 valence electrons. The fourth-order valence-corrected chi connectivity index (χ4v) is 3.44. The molecule has 0 saturated carbocycles. The number of nitrogens with one attached hydrogen (secondary N) is 1. The molecule has 0 aliphatic heterocycles. The summed E-state index contributed by atoms with van der Waals surface area (Å²) in [4.78, 5) is 11.6. The van der Waals surface area contributed by atoms with Crippen LogP contribution in [0, 0.1) is 17.0 Å². The largest absolute Gasteiger partial charge is 0.379 e. The van der Waals surface area contributed by atoms with E-state index in [2.05, 4.69) is 5.32 Å². The van der Waals surface area contributed by atoms with E-state index < -0.39 is 14.8 Å². The lowest BCUT2D eigenvalue weighted by Gasteiger charge is -2.08. The third kappa shape index (κ3) is 4.97. The van der Waals surface area contributed by atoms with Gasteiger partial charge in [0.1, 0.15) is 5.69 Å². The van der Waals surface area contributed by atoms with Gasteiger partial charge >= 0.3 is 0 Å². The fourth-order valence-electron chi connectivity index (χ4n) is 2.03. The van der Waals surface area contributed by atoms with Gasteiger partial charge in [0, 0.05) is 29.5 Å². The Hall–Kier alpha value is -2.06. The number of sulfone groups is 1. The normalized spacial score (nSPS) is 11.2. The molecule has 0 radical (unpaired) electrons.